The van der Waals surface area contributed by atoms with Crippen LogP contribution in [0.2, 0.25) is 0 Å². The maximum atomic E-state index is 13.2. The Morgan fingerprint density at radius 3 is 2.29 bits per heavy atom. The Labute approximate surface area is 201 Å². The van der Waals surface area contributed by atoms with Crippen LogP contribution in [-0.2, 0) is 9.59 Å². The van der Waals surface area contributed by atoms with E-state index >= 15 is 0 Å². The molecular weight excluding hydrogens is 432 g/mol. The Morgan fingerprint density at radius 1 is 1.06 bits per heavy atom. The molecule has 0 saturated carbocycles. The third kappa shape index (κ3) is 5.25. The van der Waals surface area contributed by atoms with Crippen molar-refractivity contribution < 1.29 is 24.2 Å². The molecule has 1 saturated heterocycles. The zero-order valence-corrected chi connectivity index (χ0v) is 20.6. The standard InChI is InChI=1S/C27H34N2O5/c1-6-28(7-2)16-17-29-24(21-10-8-9-11-22(21)33-5)23(26(31)27(29)32)25(30)19-12-14-20(15-13-19)34-18(3)4/h8-15,18,24,30H,6-7,16-17H2,1-5H3/b25-23+/t24-/m1/s1. The number of amides is 1. The van der Waals surface area contributed by atoms with Gasteiger partial charge >= 0.3 is 0 Å². The number of likely N-dealkylation sites (tertiary alicyclic amines) is 1. The van der Waals surface area contributed by atoms with Gasteiger partial charge in [0.15, 0.2) is 0 Å². The van der Waals surface area contributed by atoms with Gasteiger partial charge in [0.2, 0.25) is 0 Å². The van der Waals surface area contributed by atoms with Crippen molar-refractivity contribution in [3.05, 3.63) is 65.2 Å². The van der Waals surface area contributed by atoms with Gasteiger partial charge in [-0.1, -0.05) is 32.0 Å². The van der Waals surface area contributed by atoms with Gasteiger partial charge in [-0.2, -0.15) is 0 Å². The van der Waals surface area contributed by atoms with Crippen LogP contribution in [0.25, 0.3) is 5.76 Å². The van der Waals surface area contributed by atoms with Gasteiger partial charge in [0.25, 0.3) is 11.7 Å². The molecule has 1 atom stereocenters. The second-order valence-electron chi connectivity index (χ2n) is 8.45. The number of ketones is 1. The lowest BCUT2D eigenvalue weighted by atomic mass is 9.94. The zero-order valence-electron chi connectivity index (χ0n) is 20.6. The molecule has 1 N–H and O–H groups in total. The summed E-state index contributed by atoms with van der Waals surface area (Å²) < 4.78 is 11.2. The molecule has 0 spiro atoms. The molecule has 1 aliphatic rings. The predicted molar refractivity (Wildman–Crippen MR) is 132 cm³/mol. The highest BCUT2D eigenvalue weighted by Gasteiger charge is 2.46. The minimum atomic E-state index is -0.752. The summed E-state index contributed by atoms with van der Waals surface area (Å²) in [4.78, 5) is 30.1. The summed E-state index contributed by atoms with van der Waals surface area (Å²) in [5.74, 6) is -0.322. The number of hydrogen-bond acceptors (Lipinski definition) is 6. The molecule has 1 amide bonds. The van der Waals surface area contributed by atoms with Crippen molar-refractivity contribution in [1.29, 1.82) is 0 Å². The molecule has 1 aliphatic heterocycles. The van der Waals surface area contributed by atoms with Gasteiger partial charge in [-0.15, -0.1) is 0 Å². The van der Waals surface area contributed by atoms with Crippen LogP contribution >= 0.6 is 0 Å². The third-order valence-corrected chi connectivity index (χ3v) is 6.02. The van der Waals surface area contributed by atoms with Crippen LogP contribution in [0.4, 0.5) is 0 Å². The molecule has 2 aromatic carbocycles. The average molecular weight is 467 g/mol. The van der Waals surface area contributed by atoms with E-state index in [2.05, 4.69) is 18.7 Å². The van der Waals surface area contributed by atoms with Crippen molar-refractivity contribution in [2.45, 2.75) is 39.8 Å². The molecule has 0 aromatic heterocycles. The Bertz CT molecular complexity index is 1040. The lowest BCUT2D eigenvalue weighted by molar-refractivity contribution is -0.140. The van der Waals surface area contributed by atoms with Crippen LogP contribution in [-0.4, -0.2) is 66.0 Å². The highest BCUT2D eigenvalue weighted by atomic mass is 16.5. The second kappa shape index (κ2) is 11.2. The first-order chi connectivity index (χ1) is 16.3. The van der Waals surface area contributed by atoms with E-state index in [1.165, 1.54) is 0 Å². The van der Waals surface area contributed by atoms with Crippen LogP contribution in [0.5, 0.6) is 11.5 Å². The molecule has 34 heavy (non-hydrogen) atoms. The Kier molecular flexibility index (Phi) is 8.34. The van der Waals surface area contributed by atoms with Crippen molar-refractivity contribution in [2.75, 3.05) is 33.3 Å². The molecule has 2 aromatic rings. The number of ether oxygens (including phenoxy) is 2. The summed E-state index contributed by atoms with van der Waals surface area (Å²) in [6, 6.07) is 13.4. The van der Waals surface area contributed by atoms with E-state index in [-0.39, 0.29) is 17.4 Å². The number of para-hydroxylation sites is 1. The number of carbonyl (C=O) groups excluding carboxylic acids is 2. The lowest BCUT2D eigenvalue weighted by Gasteiger charge is -2.29. The molecule has 182 valence electrons. The summed E-state index contributed by atoms with van der Waals surface area (Å²) in [7, 11) is 1.55. The maximum Gasteiger partial charge on any atom is 0.295 e. The number of benzene rings is 2. The van der Waals surface area contributed by atoms with Gasteiger partial charge < -0.3 is 24.4 Å². The smallest absolute Gasteiger partial charge is 0.295 e. The van der Waals surface area contributed by atoms with Crippen LogP contribution in [0.3, 0.4) is 0 Å². The molecule has 0 aliphatic carbocycles. The lowest BCUT2D eigenvalue weighted by Crippen LogP contribution is -2.38. The average Bonchev–Trinajstić information content (AvgIpc) is 3.09. The number of likely N-dealkylation sites (N-methyl/N-ethyl adjacent to an activating group) is 1. The van der Waals surface area contributed by atoms with Gasteiger partial charge in [0.1, 0.15) is 17.3 Å². The first-order valence-corrected chi connectivity index (χ1v) is 11.7. The van der Waals surface area contributed by atoms with E-state index < -0.39 is 17.7 Å². The van der Waals surface area contributed by atoms with Crippen molar-refractivity contribution in [1.82, 2.24) is 9.80 Å². The Hall–Kier alpha value is -3.32. The molecule has 0 unspecified atom stereocenters. The molecule has 7 nitrogen and oxygen atoms in total. The first kappa shape index (κ1) is 25.3. The topological polar surface area (TPSA) is 79.3 Å². The highest BCUT2D eigenvalue weighted by molar-refractivity contribution is 6.46. The fourth-order valence-corrected chi connectivity index (χ4v) is 4.23. The van der Waals surface area contributed by atoms with Crippen LogP contribution in [0.1, 0.15) is 44.9 Å². The van der Waals surface area contributed by atoms with Crippen molar-refractivity contribution in [3.8, 4) is 11.5 Å². The quantitative estimate of drug-likeness (QED) is 0.320. The minimum Gasteiger partial charge on any atom is -0.507 e. The van der Waals surface area contributed by atoms with Crippen LogP contribution in [0.15, 0.2) is 54.1 Å². The maximum absolute atomic E-state index is 13.2. The Morgan fingerprint density at radius 2 is 1.71 bits per heavy atom. The van der Waals surface area contributed by atoms with Gasteiger partial charge in [0, 0.05) is 24.2 Å². The molecule has 3 rings (SSSR count). The highest BCUT2D eigenvalue weighted by Crippen LogP contribution is 2.42. The fourth-order valence-electron chi connectivity index (χ4n) is 4.23. The molecule has 1 heterocycles. The van der Waals surface area contributed by atoms with Gasteiger partial charge in [-0.25, -0.2) is 0 Å². The molecule has 1 fully saturated rings. The minimum absolute atomic E-state index is 0.0149. The van der Waals surface area contributed by atoms with E-state index in [9.17, 15) is 14.7 Å². The normalized spacial score (nSPS) is 17.6. The van der Waals surface area contributed by atoms with Crippen molar-refractivity contribution in [3.63, 3.8) is 0 Å². The summed E-state index contributed by atoms with van der Waals surface area (Å²) in [6.45, 7) is 10.6. The second-order valence-corrected chi connectivity index (χ2v) is 8.45. The summed E-state index contributed by atoms with van der Waals surface area (Å²) in [5, 5.41) is 11.3. The zero-order chi connectivity index (χ0) is 24.8. The first-order valence-electron chi connectivity index (χ1n) is 11.7. The number of nitrogens with zero attached hydrogens (tertiary/aromatic N) is 2. The third-order valence-electron chi connectivity index (χ3n) is 6.02. The van der Waals surface area contributed by atoms with E-state index in [0.717, 1.165) is 13.1 Å². The van der Waals surface area contributed by atoms with E-state index in [1.807, 2.05) is 32.0 Å². The predicted octanol–water partition coefficient (Wildman–Crippen LogP) is 4.25. The van der Waals surface area contributed by atoms with Gasteiger partial charge in [-0.05, 0) is 57.3 Å². The summed E-state index contributed by atoms with van der Waals surface area (Å²) >= 11 is 0. The van der Waals surface area contributed by atoms with E-state index in [1.54, 1.807) is 42.3 Å². The number of methoxy groups -OCH3 is 1. The molecule has 0 radical (unpaired) electrons. The number of aliphatic hydroxyl groups excluding tert-OH is 1. The van der Waals surface area contributed by atoms with Crippen LogP contribution < -0.4 is 9.47 Å². The van der Waals surface area contributed by atoms with Crippen molar-refractivity contribution >= 4 is 17.4 Å². The monoisotopic (exact) mass is 466 g/mol. The van der Waals surface area contributed by atoms with E-state index in [0.29, 0.717) is 35.7 Å². The SMILES string of the molecule is CCN(CC)CCN1C(=O)C(=O)/C(=C(/O)c2ccc(OC(C)C)cc2)[C@H]1c1ccccc1OC. The molecular formula is C27H34N2O5. The largest absolute Gasteiger partial charge is 0.507 e. The number of aliphatic hydroxyl groups is 1. The van der Waals surface area contributed by atoms with Crippen LogP contribution in [0, 0.1) is 0 Å². The summed E-state index contributed by atoms with van der Waals surface area (Å²) in [6.07, 6.45) is 0.0149. The molecule has 7 heteroatoms. The summed E-state index contributed by atoms with van der Waals surface area (Å²) in [5.41, 5.74) is 1.16. The Balaban J connectivity index is 2.09. The number of hydrogen-bond donors (Lipinski definition) is 1. The number of rotatable bonds is 10. The molecule has 0 bridgehead atoms. The van der Waals surface area contributed by atoms with Gasteiger partial charge in [-0.3, -0.25) is 9.59 Å². The fraction of sp³-hybridized carbons (Fsp3) is 0.407. The van der Waals surface area contributed by atoms with E-state index in [4.69, 9.17) is 9.47 Å². The number of carbonyl (C=O) groups is 2. The van der Waals surface area contributed by atoms with Gasteiger partial charge in [0.05, 0.1) is 24.8 Å². The number of Topliss-reactive ketones (excluding diaryl/α,β-unsaturated/α-hetero) is 1. The van der Waals surface area contributed by atoms with Crippen molar-refractivity contribution in [2.24, 2.45) is 0 Å².